The normalized spacial score (nSPS) is 8.81. The highest BCUT2D eigenvalue weighted by molar-refractivity contribution is 6.31. The van der Waals surface area contributed by atoms with Crippen LogP contribution in [0.3, 0.4) is 0 Å². The number of hydrogen-bond acceptors (Lipinski definition) is 4. The minimum Gasteiger partial charge on any atom is -0.497 e. The van der Waals surface area contributed by atoms with Gasteiger partial charge < -0.3 is 14.6 Å². The third-order valence-electron chi connectivity index (χ3n) is 1.82. The molecule has 0 spiro atoms. The number of ether oxygens (including phenoxy) is 2. The fraction of sp³-hybridized carbons (Fsp3) is 0.364. The van der Waals surface area contributed by atoms with E-state index in [1.807, 2.05) is 0 Å². The van der Waals surface area contributed by atoms with Crippen LogP contribution in [-0.4, -0.2) is 32.4 Å². The molecule has 0 fully saturated rings. The number of hydrogen-bond donors (Lipinski definition) is 1. The predicted octanol–water partition coefficient (Wildman–Crippen LogP) is 1.67. The van der Waals surface area contributed by atoms with Crippen LogP contribution in [0.15, 0.2) is 18.2 Å². The van der Waals surface area contributed by atoms with Gasteiger partial charge in [0.1, 0.15) is 5.75 Å². The zero-order valence-electron chi connectivity index (χ0n) is 9.49. The Kier molecular flexibility index (Phi) is 7.33. The molecule has 0 saturated carbocycles. The lowest BCUT2D eigenvalue weighted by molar-refractivity contribution is -0.139. The van der Waals surface area contributed by atoms with Gasteiger partial charge >= 0.3 is 5.97 Å². The molecular weight excluding hydrogens is 232 g/mol. The largest absolute Gasteiger partial charge is 0.497 e. The van der Waals surface area contributed by atoms with Crippen LogP contribution in [0, 0.1) is 0 Å². The number of halogens is 1. The van der Waals surface area contributed by atoms with Gasteiger partial charge in [0.2, 0.25) is 0 Å². The van der Waals surface area contributed by atoms with Gasteiger partial charge in [0.05, 0.1) is 20.6 Å². The SMILES string of the molecule is CO.COC(=O)Cc1ccc(OC)cc1Cl. The van der Waals surface area contributed by atoms with Crippen LogP contribution in [0.4, 0.5) is 0 Å². The van der Waals surface area contributed by atoms with Crippen LogP contribution in [0.2, 0.25) is 5.02 Å². The summed E-state index contributed by atoms with van der Waals surface area (Å²) in [6, 6.07) is 5.17. The molecule has 0 aliphatic rings. The van der Waals surface area contributed by atoms with Gasteiger partial charge in [-0.25, -0.2) is 0 Å². The molecule has 1 rings (SSSR count). The summed E-state index contributed by atoms with van der Waals surface area (Å²) >= 11 is 5.92. The highest BCUT2D eigenvalue weighted by atomic mass is 35.5. The number of carbonyl (C=O) groups is 1. The number of rotatable bonds is 3. The fourth-order valence-electron chi connectivity index (χ4n) is 1.03. The maximum absolute atomic E-state index is 11.0. The Hall–Kier alpha value is -1.26. The topological polar surface area (TPSA) is 55.8 Å². The molecule has 4 nitrogen and oxygen atoms in total. The van der Waals surface area contributed by atoms with E-state index in [1.54, 1.807) is 25.3 Å². The van der Waals surface area contributed by atoms with Crippen LogP contribution in [0.1, 0.15) is 5.56 Å². The summed E-state index contributed by atoms with van der Waals surface area (Å²) in [5.74, 6) is 0.362. The van der Waals surface area contributed by atoms with Gasteiger partial charge in [-0.1, -0.05) is 17.7 Å². The van der Waals surface area contributed by atoms with Crippen molar-refractivity contribution in [2.75, 3.05) is 21.3 Å². The summed E-state index contributed by atoms with van der Waals surface area (Å²) in [6.07, 6.45) is 0.180. The molecule has 1 aromatic carbocycles. The zero-order valence-corrected chi connectivity index (χ0v) is 10.2. The Labute approximate surface area is 99.7 Å². The van der Waals surface area contributed by atoms with Gasteiger partial charge in [0, 0.05) is 12.1 Å². The minimum atomic E-state index is -0.308. The predicted molar refractivity (Wildman–Crippen MR) is 61.9 cm³/mol. The second-order valence-electron chi connectivity index (χ2n) is 2.71. The first-order chi connectivity index (χ1) is 7.67. The summed E-state index contributed by atoms with van der Waals surface area (Å²) in [5.41, 5.74) is 0.735. The summed E-state index contributed by atoms with van der Waals surface area (Å²) < 4.78 is 9.52. The van der Waals surface area contributed by atoms with E-state index in [2.05, 4.69) is 4.74 Å². The van der Waals surface area contributed by atoms with E-state index in [0.717, 1.165) is 12.7 Å². The van der Waals surface area contributed by atoms with Gasteiger partial charge in [-0.15, -0.1) is 0 Å². The second-order valence-corrected chi connectivity index (χ2v) is 3.12. The molecule has 0 heterocycles. The quantitative estimate of drug-likeness (QED) is 0.825. The van der Waals surface area contributed by atoms with Crippen LogP contribution in [0.25, 0.3) is 0 Å². The van der Waals surface area contributed by atoms with Gasteiger partial charge in [0.25, 0.3) is 0 Å². The molecule has 0 bridgehead atoms. The molecule has 0 unspecified atom stereocenters. The second kappa shape index (κ2) is 7.96. The van der Waals surface area contributed by atoms with Crippen molar-refractivity contribution in [3.63, 3.8) is 0 Å². The number of aliphatic hydroxyl groups excluding tert-OH is 1. The first-order valence-corrected chi connectivity index (χ1v) is 4.89. The van der Waals surface area contributed by atoms with Crippen molar-refractivity contribution in [2.45, 2.75) is 6.42 Å². The minimum absolute atomic E-state index is 0.180. The number of esters is 1. The summed E-state index contributed by atoms with van der Waals surface area (Å²) in [6.45, 7) is 0. The molecular formula is C11H15ClO4. The van der Waals surface area contributed by atoms with E-state index in [0.29, 0.717) is 10.8 Å². The van der Waals surface area contributed by atoms with Crippen molar-refractivity contribution < 1.29 is 19.4 Å². The summed E-state index contributed by atoms with van der Waals surface area (Å²) in [7, 11) is 3.91. The molecule has 1 aromatic rings. The smallest absolute Gasteiger partial charge is 0.310 e. The molecule has 5 heteroatoms. The molecule has 90 valence electrons. The molecule has 0 amide bonds. The van der Waals surface area contributed by atoms with Crippen LogP contribution in [-0.2, 0) is 16.0 Å². The maximum Gasteiger partial charge on any atom is 0.310 e. The third-order valence-corrected chi connectivity index (χ3v) is 2.17. The number of benzene rings is 1. The first-order valence-electron chi connectivity index (χ1n) is 4.51. The lowest BCUT2D eigenvalue weighted by Crippen LogP contribution is -2.04. The zero-order chi connectivity index (χ0) is 12.6. The first kappa shape index (κ1) is 14.7. The van der Waals surface area contributed by atoms with E-state index in [1.165, 1.54) is 7.11 Å². The van der Waals surface area contributed by atoms with E-state index in [-0.39, 0.29) is 12.4 Å². The van der Waals surface area contributed by atoms with Gasteiger partial charge in [-0.05, 0) is 17.7 Å². The Morgan fingerprint density at radius 2 is 2.00 bits per heavy atom. The number of carbonyl (C=O) groups excluding carboxylic acids is 1. The lowest BCUT2D eigenvalue weighted by atomic mass is 10.1. The van der Waals surface area contributed by atoms with E-state index < -0.39 is 0 Å². The molecule has 1 N–H and O–H groups in total. The van der Waals surface area contributed by atoms with Crippen molar-refractivity contribution in [3.05, 3.63) is 28.8 Å². The Morgan fingerprint density at radius 3 is 2.44 bits per heavy atom. The van der Waals surface area contributed by atoms with E-state index in [9.17, 15) is 4.79 Å². The van der Waals surface area contributed by atoms with Crippen molar-refractivity contribution in [1.29, 1.82) is 0 Å². The van der Waals surface area contributed by atoms with Crippen LogP contribution >= 0.6 is 11.6 Å². The van der Waals surface area contributed by atoms with Gasteiger partial charge in [-0.3, -0.25) is 4.79 Å². The standard InChI is InChI=1S/C10H11ClO3.CH4O/c1-13-8-4-3-7(9(11)6-8)5-10(12)14-2;1-2/h3-4,6H,5H2,1-2H3;2H,1H3. The lowest BCUT2D eigenvalue weighted by Gasteiger charge is -2.05. The fourth-order valence-corrected chi connectivity index (χ4v) is 1.26. The summed E-state index contributed by atoms with van der Waals surface area (Å²) in [5, 5.41) is 7.51. The maximum atomic E-state index is 11.0. The molecule has 0 saturated heterocycles. The van der Waals surface area contributed by atoms with E-state index >= 15 is 0 Å². The van der Waals surface area contributed by atoms with Crippen molar-refractivity contribution in [2.24, 2.45) is 0 Å². The average Bonchev–Trinajstić information content (AvgIpc) is 2.34. The van der Waals surface area contributed by atoms with Gasteiger partial charge in [0.15, 0.2) is 0 Å². The Bertz CT molecular complexity index is 339. The Balaban J connectivity index is 0.00000106. The highest BCUT2D eigenvalue weighted by Crippen LogP contribution is 2.22. The molecule has 16 heavy (non-hydrogen) atoms. The van der Waals surface area contributed by atoms with Crippen LogP contribution < -0.4 is 4.74 Å². The number of aliphatic hydroxyl groups is 1. The molecule has 0 radical (unpaired) electrons. The average molecular weight is 247 g/mol. The molecule has 0 atom stereocenters. The third kappa shape index (κ3) is 4.51. The van der Waals surface area contributed by atoms with E-state index in [4.69, 9.17) is 21.4 Å². The monoisotopic (exact) mass is 246 g/mol. The molecule has 0 aliphatic heterocycles. The summed E-state index contributed by atoms with van der Waals surface area (Å²) in [4.78, 5) is 11.0. The Morgan fingerprint density at radius 1 is 1.38 bits per heavy atom. The van der Waals surface area contributed by atoms with Crippen molar-refractivity contribution in [1.82, 2.24) is 0 Å². The van der Waals surface area contributed by atoms with Crippen molar-refractivity contribution in [3.8, 4) is 5.75 Å². The van der Waals surface area contributed by atoms with Gasteiger partial charge in [-0.2, -0.15) is 0 Å². The molecule has 0 aromatic heterocycles. The van der Waals surface area contributed by atoms with Crippen molar-refractivity contribution >= 4 is 17.6 Å². The molecule has 0 aliphatic carbocycles. The highest BCUT2D eigenvalue weighted by Gasteiger charge is 2.07. The number of methoxy groups -OCH3 is 2. The van der Waals surface area contributed by atoms with Crippen LogP contribution in [0.5, 0.6) is 5.75 Å².